The van der Waals surface area contributed by atoms with Crippen LogP contribution in [-0.2, 0) is 0 Å². The molecule has 0 saturated carbocycles. The molecule has 0 aliphatic heterocycles. The number of furan rings is 1. The average Bonchev–Trinajstić information content (AvgIpc) is 3.17. The average molecular weight is 381 g/mol. The molecule has 0 atom stereocenters. The fourth-order valence-corrected chi connectivity index (χ4v) is 2.61. The van der Waals surface area contributed by atoms with E-state index >= 15 is 0 Å². The third-order valence-corrected chi connectivity index (χ3v) is 4.02. The normalized spacial score (nSPS) is 12.7. The maximum absolute atomic E-state index is 12.3. The molecular weight excluding hydrogens is 358 g/mol. The summed E-state index contributed by atoms with van der Waals surface area (Å²) in [5, 5.41) is 0.319. The van der Waals surface area contributed by atoms with Gasteiger partial charge in [0.25, 0.3) is 11.1 Å². The van der Waals surface area contributed by atoms with Crippen molar-refractivity contribution in [3.8, 4) is 5.75 Å². The first-order chi connectivity index (χ1) is 13.5. The van der Waals surface area contributed by atoms with Gasteiger partial charge in [-0.15, -0.1) is 0 Å². The van der Waals surface area contributed by atoms with Crippen molar-refractivity contribution in [1.29, 1.82) is 0 Å². The summed E-state index contributed by atoms with van der Waals surface area (Å²) in [4.78, 5) is 31.8. The maximum atomic E-state index is 12.3. The Hall–Kier alpha value is -3.32. The zero-order chi connectivity index (χ0) is 19.9. The van der Waals surface area contributed by atoms with Crippen molar-refractivity contribution in [2.24, 2.45) is 0 Å². The Morgan fingerprint density at radius 1 is 1.00 bits per heavy atom. The Labute approximate surface area is 161 Å². The number of rotatable bonds is 7. The van der Waals surface area contributed by atoms with Gasteiger partial charge in [0, 0.05) is 12.6 Å². The second-order valence-electron chi connectivity index (χ2n) is 6.61. The van der Waals surface area contributed by atoms with Crippen molar-refractivity contribution in [3.05, 3.63) is 85.4 Å². The van der Waals surface area contributed by atoms with E-state index in [9.17, 15) is 9.59 Å². The van der Waals surface area contributed by atoms with Crippen LogP contribution in [0.4, 0.5) is 0 Å². The second-order valence-corrected chi connectivity index (χ2v) is 6.61. The number of hydrogen-bond acceptors (Lipinski definition) is 5. The van der Waals surface area contributed by atoms with Gasteiger partial charge in [0.05, 0.1) is 12.9 Å². The topological polar surface area (TPSA) is 91.3 Å². The molecule has 2 N–H and O–H groups in total. The van der Waals surface area contributed by atoms with Crippen molar-refractivity contribution in [3.63, 3.8) is 0 Å². The van der Waals surface area contributed by atoms with E-state index < -0.39 is 5.56 Å². The van der Waals surface area contributed by atoms with Crippen LogP contribution in [0.3, 0.4) is 0 Å². The molecule has 7 nitrogen and oxygen atoms in total. The number of aromatic amines is 2. The lowest BCUT2D eigenvalue weighted by molar-refractivity contribution is 0.281. The molecule has 3 rings (SSSR count). The lowest BCUT2D eigenvalue weighted by Crippen LogP contribution is -2.46. The van der Waals surface area contributed by atoms with Crippen molar-refractivity contribution in [2.75, 3.05) is 27.2 Å². The smallest absolute Gasteiger partial charge is 0.272 e. The first-order valence-electron chi connectivity index (χ1n) is 8.98. The third kappa shape index (κ3) is 5.34. The molecule has 0 bridgehead atoms. The molecule has 0 aliphatic carbocycles. The predicted octanol–water partition coefficient (Wildman–Crippen LogP) is 0.644. The minimum absolute atomic E-state index is 0.138. The van der Waals surface area contributed by atoms with Crippen molar-refractivity contribution >= 4 is 12.2 Å². The standard InChI is InChI=1S/C21H23N3O4/c1-24(2)10-4-12-27-16-8-6-15(7-9-16)13-18-20(25)23-19(21(26)22-18)14-17-5-3-11-28-17/h3,5-9,11,13-14H,4,10,12H2,1-2H3,(H,22,26)(H,23,25)/b18-13-,19-14-. The summed E-state index contributed by atoms with van der Waals surface area (Å²) < 4.78 is 10.9. The molecule has 2 aromatic heterocycles. The Bertz CT molecular complexity index is 1120. The monoisotopic (exact) mass is 381 g/mol. The zero-order valence-corrected chi connectivity index (χ0v) is 15.9. The quantitative estimate of drug-likeness (QED) is 0.586. The number of hydrogen-bond donors (Lipinski definition) is 2. The van der Waals surface area contributed by atoms with Crippen molar-refractivity contribution in [1.82, 2.24) is 14.9 Å². The van der Waals surface area contributed by atoms with E-state index in [1.54, 1.807) is 18.2 Å². The highest BCUT2D eigenvalue weighted by atomic mass is 16.5. The summed E-state index contributed by atoms with van der Waals surface area (Å²) in [7, 11) is 4.05. The molecule has 0 unspecified atom stereocenters. The minimum Gasteiger partial charge on any atom is -0.494 e. The fourth-order valence-electron chi connectivity index (χ4n) is 2.61. The molecule has 146 valence electrons. The summed E-state index contributed by atoms with van der Waals surface area (Å²) in [6, 6.07) is 10.8. The zero-order valence-electron chi connectivity index (χ0n) is 15.9. The van der Waals surface area contributed by atoms with Gasteiger partial charge in [-0.05, 0) is 56.4 Å². The molecule has 0 amide bonds. The van der Waals surface area contributed by atoms with Crippen LogP contribution in [0, 0.1) is 0 Å². The number of ether oxygens (including phenoxy) is 1. The Balaban J connectivity index is 1.77. The molecule has 3 aromatic rings. The maximum Gasteiger partial charge on any atom is 0.272 e. The Kier molecular flexibility index (Phi) is 6.29. The summed E-state index contributed by atoms with van der Waals surface area (Å²) >= 11 is 0. The van der Waals surface area contributed by atoms with Gasteiger partial charge < -0.3 is 24.0 Å². The molecule has 1 aromatic carbocycles. The molecule has 0 fully saturated rings. The molecule has 0 aliphatic rings. The summed E-state index contributed by atoms with van der Waals surface area (Å²) in [6.07, 6.45) is 5.54. The SMILES string of the molecule is CN(C)CCCOc1ccc(/C=c2\[nH]c(=O)/c(=C/c3ccco3)[nH]c2=O)cc1. The Morgan fingerprint density at radius 3 is 2.29 bits per heavy atom. The molecule has 7 heteroatoms. The number of nitrogens with zero attached hydrogens (tertiary/aromatic N) is 1. The van der Waals surface area contributed by atoms with Crippen LogP contribution in [0.25, 0.3) is 12.2 Å². The molecule has 0 saturated heterocycles. The van der Waals surface area contributed by atoms with Gasteiger partial charge in [-0.1, -0.05) is 12.1 Å². The second kappa shape index (κ2) is 9.05. The fraction of sp³-hybridized carbons (Fsp3) is 0.238. The van der Waals surface area contributed by atoms with Gasteiger partial charge in [-0.25, -0.2) is 0 Å². The van der Waals surface area contributed by atoms with Gasteiger partial charge >= 0.3 is 0 Å². The molecule has 2 heterocycles. The first-order valence-corrected chi connectivity index (χ1v) is 8.98. The van der Waals surface area contributed by atoms with Crippen LogP contribution in [-0.4, -0.2) is 42.1 Å². The molecule has 28 heavy (non-hydrogen) atoms. The van der Waals surface area contributed by atoms with Gasteiger partial charge in [-0.3, -0.25) is 9.59 Å². The lowest BCUT2D eigenvalue weighted by Gasteiger charge is -2.10. The molecule has 0 radical (unpaired) electrons. The van der Waals surface area contributed by atoms with E-state index in [0.717, 1.165) is 24.3 Å². The predicted molar refractivity (Wildman–Crippen MR) is 108 cm³/mol. The van der Waals surface area contributed by atoms with Crippen LogP contribution in [0.2, 0.25) is 0 Å². The van der Waals surface area contributed by atoms with Crippen LogP contribution >= 0.6 is 0 Å². The number of benzene rings is 1. The highest BCUT2D eigenvalue weighted by molar-refractivity contribution is 5.49. The lowest BCUT2D eigenvalue weighted by atomic mass is 10.2. The molecular formula is C21H23N3O4. The van der Waals surface area contributed by atoms with Gasteiger partial charge in [0.1, 0.15) is 22.2 Å². The van der Waals surface area contributed by atoms with E-state index in [2.05, 4.69) is 14.9 Å². The van der Waals surface area contributed by atoms with Crippen molar-refractivity contribution in [2.45, 2.75) is 6.42 Å². The molecule has 0 spiro atoms. The van der Waals surface area contributed by atoms with Gasteiger partial charge in [0.15, 0.2) is 0 Å². The van der Waals surface area contributed by atoms with E-state index in [4.69, 9.17) is 9.15 Å². The van der Waals surface area contributed by atoms with Crippen molar-refractivity contribution < 1.29 is 9.15 Å². The highest BCUT2D eigenvalue weighted by Crippen LogP contribution is 2.12. The van der Waals surface area contributed by atoms with Crippen LogP contribution in [0.15, 0.2) is 56.7 Å². The number of H-pyrrole nitrogens is 2. The van der Waals surface area contributed by atoms with Crippen LogP contribution in [0.1, 0.15) is 17.7 Å². The van der Waals surface area contributed by atoms with E-state index in [-0.39, 0.29) is 16.3 Å². The van der Waals surface area contributed by atoms with E-state index in [1.807, 2.05) is 38.4 Å². The summed E-state index contributed by atoms with van der Waals surface area (Å²) in [5.74, 6) is 1.25. The number of nitrogens with one attached hydrogen (secondary N) is 2. The summed E-state index contributed by atoms with van der Waals surface area (Å²) in [6.45, 7) is 1.61. The van der Waals surface area contributed by atoms with Crippen LogP contribution in [0.5, 0.6) is 5.75 Å². The van der Waals surface area contributed by atoms with E-state index in [1.165, 1.54) is 12.3 Å². The van der Waals surface area contributed by atoms with Crippen LogP contribution < -0.4 is 26.6 Å². The number of aromatic nitrogens is 2. The minimum atomic E-state index is -0.400. The largest absolute Gasteiger partial charge is 0.494 e. The third-order valence-electron chi connectivity index (χ3n) is 4.02. The first kappa shape index (κ1) is 19.4. The van der Waals surface area contributed by atoms with Gasteiger partial charge in [0.2, 0.25) is 0 Å². The Morgan fingerprint density at radius 2 is 1.68 bits per heavy atom. The van der Waals surface area contributed by atoms with E-state index in [0.29, 0.717) is 12.4 Å². The highest BCUT2D eigenvalue weighted by Gasteiger charge is 1.99. The van der Waals surface area contributed by atoms with Gasteiger partial charge in [-0.2, -0.15) is 0 Å². The summed E-state index contributed by atoms with van der Waals surface area (Å²) in [5.41, 5.74) is -0.00549.